The molecule has 0 radical (unpaired) electrons. The van der Waals surface area contributed by atoms with Crippen molar-refractivity contribution in [3.05, 3.63) is 33.8 Å². The molecule has 1 saturated heterocycles. The quantitative estimate of drug-likeness (QED) is 0.872. The fraction of sp³-hybridized carbons (Fsp3) is 0.571. The first kappa shape index (κ1) is 14.5. The maximum Gasteiger partial charge on any atom is 0.0595 e. The van der Waals surface area contributed by atoms with Gasteiger partial charge in [0.05, 0.1) is 10.0 Å². The highest BCUT2D eigenvalue weighted by Crippen LogP contribution is 2.29. The number of benzene rings is 1. The topological polar surface area (TPSA) is 12.0 Å². The van der Waals surface area contributed by atoms with Crippen molar-refractivity contribution in [1.29, 1.82) is 0 Å². The lowest BCUT2D eigenvalue weighted by Gasteiger charge is -2.24. The van der Waals surface area contributed by atoms with Crippen molar-refractivity contribution in [2.75, 3.05) is 18.1 Å². The third-order valence-corrected chi connectivity index (χ3v) is 5.37. The van der Waals surface area contributed by atoms with E-state index in [1.54, 1.807) is 0 Å². The van der Waals surface area contributed by atoms with Gasteiger partial charge in [-0.3, -0.25) is 0 Å². The molecule has 1 N–H and O–H groups in total. The van der Waals surface area contributed by atoms with E-state index < -0.39 is 0 Å². The molecule has 0 bridgehead atoms. The molecule has 1 aliphatic heterocycles. The molecule has 2 rings (SSSR count). The van der Waals surface area contributed by atoms with Gasteiger partial charge in [-0.15, -0.1) is 0 Å². The Balaban J connectivity index is 2.04. The zero-order valence-corrected chi connectivity index (χ0v) is 12.9. The molecule has 1 fully saturated rings. The van der Waals surface area contributed by atoms with Gasteiger partial charge in [-0.1, -0.05) is 36.2 Å². The van der Waals surface area contributed by atoms with Crippen LogP contribution in [0.5, 0.6) is 0 Å². The highest BCUT2D eigenvalue weighted by atomic mass is 35.5. The second kappa shape index (κ2) is 7.04. The highest BCUT2D eigenvalue weighted by Gasteiger charge is 2.24. The van der Waals surface area contributed by atoms with Gasteiger partial charge >= 0.3 is 0 Å². The SMILES string of the molecule is CCNC(Cc1ccc(Cl)c(Cl)c1)C1CCSC1. The maximum atomic E-state index is 6.08. The molecule has 0 spiro atoms. The van der Waals surface area contributed by atoms with E-state index >= 15 is 0 Å². The van der Waals surface area contributed by atoms with Crippen molar-refractivity contribution in [2.45, 2.75) is 25.8 Å². The van der Waals surface area contributed by atoms with Gasteiger partial charge in [0.25, 0.3) is 0 Å². The second-order valence-corrected chi connectivity index (χ2v) is 6.70. The van der Waals surface area contributed by atoms with Crippen LogP contribution in [0.3, 0.4) is 0 Å². The van der Waals surface area contributed by atoms with Gasteiger partial charge in [-0.25, -0.2) is 0 Å². The van der Waals surface area contributed by atoms with E-state index in [1.165, 1.54) is 23.5 Å². The van der Waals surface area contributed by atoms with Crippen LogP contribution in [0.25, 0.3) is 0 Å². The first-order valence-corrected chi connectivity index (χ1v) is 8.36. The summed E-state index contributed by atoms with van der Waals surface area (Å²) in [5.41, 5.74) is 1.27. The van der Waals surface area contributed by atoms with E-state index in [9.17, 15) is 0 Å². The number of halogens is 2. The summed E-state index contributed by atoms with van der Waals surface area (Å²) in [5, 5.41) is 4.91. The Morgan fingerprint density at radius 2 is 2.22 bits per heavy atom. The minimum absolute atomic E-state index is 0.558. The fourth-order valence-electron chi connectivity index (χ4n) is 2.46. The molecule has 100 valence electrons. The van der Waals surface area contributed by atoms with E-state index in [1.807, 2.05) is 12.1 Å². The van der Waals surface area contributed by atoms with Crippen molar-refractivity contribution >= 4 is 35.0 Å². The van der Waals surface area contributed by atoms with Crippen LogP contribution in [-0.2, 0) is 6.42 Å². The lowest BCUT2D eigenvalue weighted by Crippen LogP contribution is -2.38. The van der Waals surface area contributed by atoms with Crippen molar-refractivity contribution in [1.82, 2.24) is 5.32 Å². The third kappa shape index (κ3) is 3.80. The number of hydrogen-bond acceptors (Lipinski definition) is 2. The molecule has 0 aliphatic carbocycles. The maximum absolute atomic E-state index is 6.08. The molecule has 1 heterocycles. The summed E-state index contributed by atoms with van der Waals surface area (Å²) < 4.78 is 0. The minimum Gasteiger partial charge on any atom is -0.314 e. The van der Waals surface area contributed by atoms with E-state index in [0.29, 0.717) is 16.1 Å². The number of hydrogen-bond donors (Lipinski definition) is 1. The summed E-state index contributed by atoms with van der Waals surface area (Å²) in [6, 6.07) is 6.53. The van der Waals surface area contributed by atoms with Gasteiger partial charge < -0.3 is 5.32 Å². The average Bonchev–Trinajstić information content (AvgIpc) is 2.87. The van der Waals surface area contributed by atoms with Crippen LogP contribution in [0, 0.1) is 5.92 Å². The van der Waals surface area contributed by atoms with Crippen molar-refractivity contribution in [3.63, 3.8) is 0 Å². The number of rotatable bonds is 5. The van der Waals surface area contributed by atoms with E-state index in [4.69, 9.17) is 23.2 Å². The summed E-state index contributed by atoms with van der Waals surface area (Å²) in [5.74, 6) is 3.36. The largest absolute Gasteiger partial charge is 0.314 e. The molecule has 4 heteroatoms. The van der Waals surface area contributed by atoms with Gasteiger partial charge in [-0.05, 0) is 54.5 Å². The van der Waals surface area contributed by atoms with Crippen molar-refractivity contribution < 1.29 is 0 Å². The predicted molar refractivity (Wildman–Crippen MR) is 83.1 cm³/mol. The Kier molecular flexibility index (Phi) is 5.68. The molecule has 0 aromatic heterocycles. The smallest absolute Gasteiger partial charge is 0.0595 e. The highest BCUT2D eigenvalue weighted by molar-refractivity contribution is 7.99. The molecule has 1 aromatic carbocycles. The average molecular weight is 304 g/mol. The molecular weight excluding hydrogens is 285 g/mol. The summed E-state index contributed by atoms with van der Waals surface area (Å²) >= 11 is 14.1. The second-order valence-electron chi connectivity index (χ2n) is 4.74. The summed E-state index contributed by atoms with van der Waals surface area (Å²) in [7, 11) is 0. The molecule has 1 aliphatic rings. The van der Waals surface area contributed by atoms with Crippen LogP contribution >= 0.6 is 35.0 Å². The first-order valence-electron chi connectivity index (χ1n) is 6.45. The molecule has 2 unspecified atom stereocenters. The van der Waals surface area contributed by atoms with Gasteiger partial charge in [0.2, 0.25) is 0 Å². The fourth-order valence-corrected chi connectivity index (χ4v) is 4.12. The van der Waals surface area contributed by atoms with Crippen LogP contribution in [0.15, 0.2) is 18.2 Å². The third-order valence-electron chi connectivity index (χ3n) is 3.44. The zero-order valence-electron chi connectivity index (χ0n) is 10.6. The van der Waals surface area contributed by atoms with Gasteiger partial charge in [0.15, 0.2) is 0 Å². The van der Waals surface area contributed by atoms with E-state index in [-0.39, 0.29) is 0 Å². The van der Waals surface area contributed by atoms with E-state index in [0.717, 1.165) is 18.9 Å². The Bertz CT molecular complexity index is 391. The van der Waals surface area contributed by atoms with Crippen LogP contribution in [-0.4, -0.2) is 24.1 Å². The summed E-state index contributed by atoms with van der Waals surface area (Å²) in [6.07, 6.45) is 2.36. The molecule has 0 saturated carbocycles. The van der Waals surface area contributed by atoms with Crippen LogP contribution in [0.4, 0.5) is 0 Å². The number of likely N-dealkylation sites (N-methyl/N-ethyl adjacent to an activating group) is 1. The number of thioether (sulfide) groups is 1. The standard InChI is InChI=1S/C14H19Cl2NS/c1-2-17-14(11-5-6-18-9-11)8-10-3-4-12(15)13(16)7-10/h3-4,7,11,14,17H,2,5-6,8-9H2,1H3. The van der Waals surface area contributed by atoms with Crippen LogP contribution in [0.1, 0.15) is 18.9 Å². The monoisotopic (exact) mass is 303 g/mol. The van der Waals surface area contributed by atoms with Crippen molar-refractivity contribution in [2.24, 2.45) is 5.92 Å². The Morgan fingerprint density at radius 3 is 2.83 bits per heavy atom. The lowest BCUT2D eigenvalue weighted by molar-refractivity contribution is 0.387. The van der Waals surface area contributed by atoms with Crippen LogP contribution in [0.2, 0.25) is 10.0 Å². The molecule has 2 atom stereocenters. The van der Waals surface area contributed by atoms with Gasteiger partial charge in [0, 0.05) is 6.04 Å². The Labute approximate surface area is 124 Å². The van der Waals surface area contributed by atoms with Crippen LogP contribution < -0.4 is 5.32 Å². The first-order chi connectivity index (χ1) is 8.70. The van der Waals surface area contributed by atoms with Gasteiger partial charge in [0.1, 0.15) is 0 Å². The van der Waals surface area contributed by atoms with Crippen molar-refractivity contribution in [3.8, 4) is 0 Å². The molecule has 0 amide bonds. The normalized spacial score (nSPS) is 21.2. The number of nitrogens with one attached hydrogen (secondary N) is 1. The van der Waals surface area contributed by atoms with Gasteiger partial charge in [-0.2, -0.15) is 11.8 Å². The predicted octanol–water partition coefficient (Wildman–Crippen LogP) is 4.27. The van der Waals surface area contributed by atoms with E-state index in [2.05, 4.69) is 30.1 Å². The molecule has 1 nitrogen and oxygen atoms in total. The molecule has 18 heavy (non-hydrogen) atoms. The molecule has 1 aromatic rings. The minimum atomic E-state index is 0.558. The summed E-state index contributed by atoms with van der Waals surface area (Å²) in [6.45, 7) is 3.19. The summed E-state index contributed by atoms with van der Waals surface area (Å²) in [4.78, 5) is 0. The Hall–Kier alpha value is 0.110. The zero-order chi connectivity index (χ0) is 13.0. The molecular formula is C14H19Cl2NS. The Morgan fingerprint density at radius 1 is 1.39 bits per heavy atom. The lowest BCUT2D eigenvalue weighted by atomic mass is 9.93.